The van der Waals surface area contributed by atoms with Crippen LogP contribution in [0.4, 0.5) is 5.82 Å². The number of hydrogen-bond acceptors (Lipinski definition) is 4. The van der Waals surface area contributed by atoms with E-state index in [1.54, 1.807) is 17.7 Å². The number of nitrogens with zero attached hydrogens (tertiary/aromatic N) is 2. The summed E-state index contributed by atoms with van der Waals surface area (Å²) in [5.41, 5.74) is 5.14. The van der Waals surface area contributed by atoms with Crippen LogP contribution in [0.15, 0.2) is 29.9 Å². The summed E-state index contributed by atoms with van der Waals surface area (Å²) in [6, 6.07) is 7.20. The Kier molecular flexibility index (Phi) is 3.77. The SMILES string of the molecule is Cc1ccc(-c2csc3ncnc(NC4CCCC4)c23)c(C)c1. The average molecular weight is 323 g/mol. The van der Waals surface area contributed by atoms with Gasteiger partial charge in [-0.15, -0.1) is 11.3 Å². The maximum atomic E-state index is 4.56. The number of nitrogens with one attached hydrogen (secondary N) is 1. The number of rotatable bonds is 3. The van der Waals surface area contributed by atoms with Crippen molar-refractivity contribution in [3.8, 4) is 11.1 Å². The Labute approximate surface area is 140 Å². The number of hydrogen-bond donors (Lipinski definition) is 1. The second-order valence-electron chi connectivity index (χ2n) is 6.50. The van der Waals surface area contributed by atoms with E-state index < -0.39 is 0 Å². The molecule has 0 unspecified atom stereocenters. The number of benzene rings is 1. The van der Waals surface area contributed by atoms with Gasteiger partial charge in [-0.05, 0) is 37.8 Å². The predicted molar refractivity (Wildman–Crippen MR) is 98.2 cm³/mol. The Hall–Kier alpha value is -1.94. The lowest BCUT2D eigenvalue weighted by atomic mass is 9.99. The Balaban J connectivity index is 1.83. The summed E-state index contributed by atoms with van der Waals surface area (Å²) in [6.07, 6.45) is 6.81. The Morgan fingerprint density at radius 2 is 1.91 bits per heavy atom. The van der Waals surface area contributed by atoms with Crippen LogP contribution in [0.2, 0.25) is 0 Å². The lowest BCUT2D eigenvalue weighted by Gasteiger charge is -2.14. The van der Waals surface area contributed by atoms with Crippen LogP contribution in [-0.4, -0.2) is 16.0 Å². The average Bonchev–Trinajstić information content (AvgIpc) is 3.17. The van der Waals surface area contributed by atoms with Gasteiger partial charge in [0.15, 0.2) is 0 Å². The van der Waals surface area contributed by atoms with Crippen LogP contribution < -0.4 is 5.32 Å². The molecule has 4 rings (SSSR count). The maximum Gasteiger partial charge on any atom is 0.139 e. The molecule has 0 radical (unpaired) electrons. The largest absolute Gasteiger partial charge is 0.367 e. The highest BCUT2D eigenvalue weighted by Gasteiger charge is 2.19. The molecular formula is C19H21N3S. The van der Waals surface area contributed by atoms with Crippen molar-refractivity contribution in [2.45, 2.75) is 45.6 Å². The molecular weight excluding hydrogens is 302 g/mol. The zero-order valence-electron chi connectivity index (χ0n) is 13.6. The topological polar surface area (TPSA) is 37.8 Å². The molecule has 2 aromatic heterocycles. The van der Waals surface area contributed by atoms with Gasteiger partial charge in [-0.25, -0.2) is 9.97 Å². The second-order valence-corrected chi connectivity index (χ2v) is 7.35. The summed E-state index contributed by atoms with van der Waals surface area (Å²) in [5, 5.41) is 7.06. The number of fused-ring (bicyclic) bond motifs is 1. The highest BCUT2D eigenvalue weighted by molar-refractivity contribution is 7.17. The van der Waals surface area contributed by atoms with Crippen molar-refractivity contribution in [1.82, 2.24) is 9.97 Å². The smallest absolute Gasteiger partial charge is 0.139 e. The molecule has 3 nitrogen and oxygen atoms in total. The predicted octanol–water partition coefficient (Wildman–Crippen LogP) is 5.33. The molecule has 23 heavy (non-hydrogen) atoms. The minimum absolute atomic E-state index is 0.556. The van der Waals surface area contributed by atoms with Crippen molar-refractivity contribution in [3.05, 3.63) is 41.0 Å². The fourth-order valence-electron chi connectivity index (χ4n) is 3.56. The molecule has 0 spiro atoms. The minimum atomic E-state index is 0.556. The van der Waals surface area contributed by atoms with Gasteiger partial charge in [-0.3, -0.25) is 0 Å². The van der Waals surface area contributed by atoms with Gasteiger partial charge < -0.3 is 5.32 Å². The lowest BCUT2D eigenvalue weighted by Crippen LogP contribution is -2.15. The standard InChI is InChI=1S/C19H21N3S/c1-12-7-8-15(13(2)9-12)16-10-23-19-17(16)18(20-11-21-19)22-14-5-3-4-6-14/h7-11,14H,3-6H2,1-2H3,(H,20,21,22). The second kappa shape index (κ2) is 5.93. The van der Waals surface area contributed by atoms with E-state index in [2.05, 4.69) is 52.7 Å². The van der Waals surface area contributed by atoms with Crippen molar-refractivity contribution in [3.63, 3.8) is 0 Å². The van der Waals surface area contributed by atoms with Gasteiger partial charge in [0, 0.05) is 17.0 Å². The molecule has 0 bridgehead atoms. The first-order valence-electron chi connectivity index (χ1n) is 8.29. The summed E-state index contributed by atoms with van der Waals surface area (Å²) in [7, 11) is 0. The molecule has 1 N–H and O–H groups in total. The molecule has 1 fully saturated rings. The van der Waals surface area contributed by atoms with Crippen molar-refractivity contribution >= 4 is 27.4 Å². The first kappa shape index (κ1) is 14.6. The fourth-order valence-corrected chi connectivity index (χ4v) is 4.47. The molecule has 1 aromatic carbocycles. The van der Waals surface area contributed by atoms with Crippen LogP contribution in [-0.2, 0) is 0 Å². The van der Waals surface area contributed by atoms with Crippen LogP contribution in [0.1, 0.15) is 36.8 Å². The van der Waals surface area contributed by atoms with Crippen molar-refractivity contribution in [1.29, 1.82) is 0 Å². The van der Waals surface area contributed by atoms with E-state index in [9.17, 15) is 0 Å². The number of aromatic nitrogens is 2. The number of anilines is 1. The van der Waals surface area contributed by atoms with Crippen molar-refractivity contribution < 1.29 is 0 Å². The molecule has 4 heteroatoms. The summed E-state index contributed by atoms with van der Waals surface area (Å²) in [6.45, 7) is 4.32. The minimum Gasteiger partial charge on any atom is -0.367 e. The Bertz CT molecular complexity index is 847. The van der Waals surface area contributed by atoms with Crippen LogP contribution >= 0.6 is 11.3 Å². The molecule has 3 aromatic rings. The summed E-state index contributed by atoms with van der Waals surface area (Å²) < 4.78 is 0. The maximum absolute atomic E-state index is 4.56. The van der Waals surface area contributed by atoms with Gasteiger partial charge in [-0.1, -0.05) is 36.6 Å². The van der Waals surface area contributed by atoms with Crippen LogP contribution in [0.25, 0.3) is 21.3 Å². The molecule has 1 saturated carbocycles. The molecule has 0 saturated heterocycles. The normalized spacial score (nSPS) is 15.4. The molecule has 1 aliphatic rings. The molecule has 1 aliphatic carbocycles. The van der Waals surface area contributed by atoms with E-state index in [4.69, 9.17) is 0 Å². The molecule has 2 heterocycles. The van der Waals surface area contributed by atoms with E-state index >= 15 is 0 Å². The highest BCUT2D eigenvalue weighted by Crippen LogP contribution is 2.38. The zero-order chi connectivity index (χ0) is 15.8. The summed E-state index contributed by atoms with van der Waals surface area (Å²) in [5.74, 6) is 0.998. The third-order valence-electron chi connectivity index (χ3n) is 4.74. The van der Waals surface area contributed by atoms with Gasteiger partial charge in [-0.2, -0.15) is 0 Å². The molecule has 118 valence electrons. The van der Waals surface area contributed by atoms with Gasteiger partial charge in [0.25, 0.3) is 0 Å². The molecule has 0 amide bonds. The van der Waals surface area contributed by atoms with E-state index in [1.165, 1.54) is 53.3 Å². The lowest BCUT2D eigenvalue weighted by molar-refractivity contribution is 0.751. The first-order valence-corrected chi connectivity index (χ1v) is 9.16. The van der Waals surface area contributed by atoms with Gasteiger partial charge >= 0.3 is 0 Å². The Morgan fingerprint density at radius 3 is 2.70 bits per heavy atom. The van der Waals surface area contributed by atoms with E-state index in [0.29, 0.717) is 6.04 Å². The quantitative estimate of drug-likeness (QED) is 0.708. The van der Waals surface area contributed by atoms with Crippen LogP contribution in [0, 0.1) is 13.8 Å². The molecule has 0 aliphatic heterocycles. The number of aryl methyl sites for hydroxylation is 2. The summed E-state index contributed by atoms with van der Waals surface area (Å²) in [4.78, 5) is 10.1. The number of thiophene rings is 1. The fraction of sp³-hybridized carbons (Fsp3) is 0.368. The van der Waals surface area contributed by atoms with E-state index in [-0.39, 0.29) is 0 Å². The summed E-state index contributed by atoms with van der Waals surface area (Å²) >= 11 is 1.70. The third kappa shape index (κ3) is 2.72. The van der Waals surface area contributed by atoms with E-state index in [1.807, 2.05) is 0 Å². The third-order valence-corrected chi connectivity index (χ3v) is 5.62. The van der Waals surface area contributed by atoms with Gasteiger partial charge in [0.05, 0.1) is 5.39 Å². The van der Waals surface area contributed by atoms with Gasteiger partial charge in [0.2, 0.25) is 0 Å². The van der Waals surface area contributed by atoms with Crippen LogP contribution in [0.3, 0.4) is 0 Å². The monoisotopic (exact) mass is 323 g/mol. The first-order chi connectivity index (χ1) is 11.2. The highest BCUT2D eigenvalue weighted by atomic mass is 32.1. The zero-order valence-corrected chi connectivity index (χ0v) is 14.4. The molecule has 0 atom stereocenters. The van der Waals surface area contributed by atoms with E-state index in [0.717, 1.165) is 10.6 Å². The van der Waals surface area contributed by atoms with Crippen molar-refractivity contribution in [2.24, 2.45) is 0 Å². The van der Waals surface area contributed by atoms with Crippen LogP contribution in [0.5, 0.6) is 0 Å². The Morgan fingerprint density at radius 1 is 1.09 bits per heavy atom. The van der Waals surface area contributed by atoms with Gasteiger partial charge in [0.1, 0.15) is 17.0 Å². The van der Waals surface area contributed by atoms with Crippen molar-refractivity contribution in [2.75, 3.05) is 5.32 Å².